The van der Waals surface area contributed by atoms with E-state index in [-0.39, 0.29) is 17.4 Å². The SMILES string of the molecule is CCS(=O)(=O)CCN1CCCC(C(=O)O)C1. The number of sulfone groups is 1. The molecule has 1 saturated heterocycles. The summed E-state index contributed by atoms with van der Waals surface area (Å²) >= 11 is 0. The van der Waals surface area contributed by atoms with Crippen molar-refractivity contribution < 1.29 is 18.3 Å². The minimum absolute atomic E-state index is 0.135. The number of piperidine rings is 1. The molecule has 0 aromatic heterocycles. The standard InChI is InChI=1S/C10H19NO4S/c1-2-16(14,15)7-6-11-5-3-4-9(8-11)10(12)13/h9H,2-8H2,1H3,(H,12,13). The third kappa shape index (κ3) is 4.09. The van der Waals surface area contributed by atoms with Crippen LogP contribution in [-0.2, 0) is 14.6 Å². The zero-order valence-electron chi connectivity index (χ0n) is 9.55. The fraction of sp³-hybridized carbons (Fsp3) is 0.900. The van der Waals surface area contributed by atoms with Crippen molar-refractivity contribution in [2.75, 3.05) is 31.1 Å². The van der Waals surface area contributed by atoms with E-state index in [1.165, 1.54) is 0 Å². The van der Waals surface area contributed by atoms with Crippen molar-refractivity contribution in [3.8, 4) is 0 Å². The van der Waals surface area contributed by atoms with Crippen molar-refractivity contribution in [2.24, 2.45) is 5.92 Å². The Bertz CT molecular complexity index is 339. The number of likely N-dealkylation sites (tertiary alicyclic amines) is 1. The van der Waals surface area contributed by atoms with Crippen LogP contribution >= 0.6 is 0 Å². The number of carbonyl (C=O) groups is 1. The molecular weight excluding hydrogens is 230 g/mol. The highest BCUT2D eigenvalue weighted by molar-refractivity contribution is 7.91. The van der Waals surface area contributed by atoms with E-state index in [1.54, 1.807) is 6.92 Å². The fourth-order valence-electron chi connectivity index (χ4n) is 1.87. The van der Waals surface area contributed by atoms with E-state index in [4.69, 9.17) is 5.11 Å². The highest BCUT2D eigenvalue weighted by Crippen LogP contribution is 2.16. The van der Waals surface area contributed by atoms with Gasteiger partial charge in [0.25, 0.3) is 0 Å². The molecule has 94 valence electrons. The quantitative estimate of drug-likeness (QED) is 0.754. The van der Waals surface area contributed by atoms with E-state index < -0.39 is 15.8 Å². The van der Waals surface area contributed by atoms with Gasteiger partial charge < -0.3 is 10.0 Å². The summed E-state index contributed by atoms with van der Waals surface area (Å²) in [4.78, 5) is 12.8. The van der Waals surface area contributed by atoms with Gasteiger partial charge in [0.05, 0.1) is 11.7 Å². The van der Waals surface area contributed by atoms with Gasteiger partial charge >= 0.3 is 5.97 Å². The second kappa shape index (κ2) is 5.63. The lowest BCUT2D eigenvalue weighted by Crippen LogP contribution is -2.41. The minimum atomic E-state index is -2.95. The van der Waals surface area contributed by atoms with Gasteiger partial charge in [-0.25, -0.2) is 8.42 Å². The van der Waals surface area contributed by atoms with Crippen LogP contribution in [0.4, 0.5) is 0 Å². The Labute approximate surface area is 96.4 Å². The van der Waals surface area contributed by atoms with Gasteiger partial charge in [-0.15, -0.1) is 0 Å². The number of aliphatic carboxylic acids is 1. The Balaban J connectivity index is 2.41. The van der Waals surface area contributed by atoms with Crippen molar-refractivity contribution in [2.45, 2.75) is 19.8 Å². The van der Waals surface area contributed by atoms with E-state index in [0.29, 0.717) is 19.5 Å². The van der Waals surface area contributed by atoms with Crippen LogP contribution in [0.3, 0.4) is 0 Å². The van der Waals surface area contributed by atoms with E-state index in [1.807, 2.05) is 4.90 Å². The Morgan fingerprint density at radius 3 is 2.75 bits per heavy atom. The maximum atomic E-state index is 11.3. The average molecular weight is 249 g/mol. The first kappa shape index (κ1) is 13.4. The van der Waals surface area contributed by atoms with Gasteiger partial charge in [-0.05, 0) is 19.4 Å². The summed E-state index contributed by atoms with van der Waals surface area (Å²) in [6.45, 7) is 3.38. The fourth-order valence-corrected chi connectivity index (χ4v) is 2.70. The number of nitrogens with zero attached hydrogens (tertiary/aromatic N) is 1. The van der Waals surface area contributed by atoms with Gasteiger partial charge in [0.2, 0.25) is 0 Å². The minimum Gasteiger partial charge on any atom is -0.481 e. The Morgan fingerprint density at radius 2 is 2.19 bits per heavy atom. The molecule has 0 saturated carbocycles. The van der Waals surface area contributed by atoms with Crippen molar-refractivity contribution in [1.29, 1.82) is 0 Å². The number of carboxylic acids is 1. The molecule has 0 amide bonds. The first-order valence-corrected chi connectivity index (χ1v) is 7.42. The molecule has 16 heavy (non-hydrogen) atoms. The van der Waals surface area contributed by atoms with E-state index in [2.05, 4.69) is 0 Å². The molecule has 0 aromatic rings. The van der Waals surface area contributed by atoms with Crippen molar-refractivity contribution in [1.82, 2.24) is 4.90 Å². The van der Waals surface area contributed by atoms with Crippen LogP contribution in [0.5, 0.6) is 0 Å². The Hall–Kier alpha value is -0.620. The van der Waals surface area contributed by atoms with Crippen LogP contribution in [0.1, 0.15) is 19.8 Å². The van der Waals surface area contributed by atoms with Crippen LogP contribution in [0, 0.1) is 5.92 Å². The molecule has 1 aliphatic rings. The number of hydrogen-bond acceptors (Lipinski definition) is 4. The van der Waals surface area contributed by atoms with Crippen molar-refractivity contribution in [3.05, 3.63) is 0 Å². The molecule has 1 atom stereocenters. The van der Waals surface area contributed by atoms with Crippen LogP contribution in [-0.4, -0.2) is 55.5 Å². The van der Waals surface area contributed by atoms with Gasteiger partial charge in [0.1, 0.15) is 0 Å². The van der Waals surface area contributed by atoms with Gasteiger partial charge in [-0.2, -0.15) is 0 Å². The van der Waals surface area contributed by atoms with Gasteiger partial charge in [0, 0.05) is 18.8 Å². The zero-order chi connectivity index (χ0) is 12.2. The predicted octanol–water partition coefficient (Wildman–Crippen LogP) is 0.218. The molecule has 5 nitrogen and oxygen atoms in total. The molecule has 1 unspecified atom stereocenters. The van der Waals surface area contributed by atoms with Crippen molar-refractivity contribution >= 4 is 15.8 Å². The molecule has 1 rings (SSSR count). The summed E-state index contributed by atoms with van der Waals surface area (Å²) in [7, 11) is -2.95. The number of rotatable bonds is 5. The van der Waals surface area contributed by atoms with Crippen LogP contribution < -0.4 is 0 Å². The van der Waals surface area contributed by atoms with Crippen LogP contribution in [0.25, 0.3) is 0 Å². The number of hydrogen-bond donors (Lipinski definition) is 1. The summed E-state index contributed by atoms with van der Waals surface area (Å²) in [6, 6.07) is 0. The normalized spacial score (nSPS) is 23.2. The third-order valence-corrected chi connectivity index (χ3v) is 4.70. The monoisotopic (exact) mass is 249 g/mol. The number of carboxylic acid groups (broad SMARTS) is 1. The second-order valence-corrected chi connectivity index (χ2v) is 6.69. The highest BCUT2D eigenvalue weighted by atomic mass is 32.2. The summed E-state index contributed by atoms with van der Waals surface area (Å²) in [5, 5.41) is 8.89. The second-order valence-electron chi connectivity index (χ2n) is 4.21. The predicted molar refractivity (Wildman–Crippen MR) is 61.1 cm³/mol. The molecule has 6 heteroatoms. The van der Waals surface area contributed by atoms with E-state index in [0.717, 1.165) is 13.0 Å². The first-order valence-electron chi connectivity index (χ1n) is 5.60. The Kier molecular flexibility index (Phi) is 4.73. The molecule has 1 N–H and O–H groups in total. The summed E-state index contributed by atoms with van der Waals surface area (Å²) in [5.41, 5.74) is 0. The van der Waals surface area contributed by atoms with Gasteiger partial charge in [-0.3, -0.25) is 4.79 Å². The molecule has 0 spiro atoms. The maximum Gasteiger partial charge on any atom is 0.307 e. The summed E-state index contributed by atoms with van der Waals surface area (Å²) in [6.07, 6.45) is 1.54. The summed E-state index contributed by atoms with van der Waals surface area (Å²) < 4.78 is 22.6. The molecule has 0 aliphatic carbocycles. The highest BCUT2D eigenvalue weighted by Gasteiger charge is 2.25. The lowest BCUT2D eigenvalue weighted by molar-refractivity contribution is -0.143. The average Bonchev–Trinajstić information content (AvgIpc) is 2.27. The third-order valence-electron chi connectivity index (χ3n) is 3.01. The lowest BCUT2D eigenvalue weighted by atomic mass is 9.98. The Morgan fingerprint density at radius 1 is 1.50 bits per heavy atom. The molecular formula is C10H19NO4S. The van der Waals surface area contributed by atoms with Crippen molar-refractivity contribution in [3.63, 3.8) is 0 Å². The molecule has 0 aromatic carbocycles. The molecule has 1 aliphatic heterocycles. The lowest BCUT2D eigenvalue weighted by Gasteiger charge is -2.30. The smallest absolute Gasteiger partial charge is 0.307 e. The van der Waals surface area contributed by atoms with Crippen LogP contribution in [0.15, 0.2) is 0 Å². The molecule has 1 heterocycles. The largest absolute Gasteiger partial charge is 0.481 e. The van der Waals surface area contributed by atoms with Crippen LogP contribution in [0.2, 0.25) is 0 Å². The molecule has 0 radical (unpaired) electrons. The van der Waals surface area contributed by atoms with E-state index in [9.17, 15) is 13.2 Å². The first-order chi connectivity index (χ1) is 7.44. The van der Waals surface area contributed by atoms with Gasteiger partial charge in [0.15, 0.2) is 9.84 Å². The maximum absolute atomic E-state index is 11.3. The molecule has 1 fully saturated rings. The topological polar surface area (TPSA) is 74.7 Å². The zero-order valence-corrected chi connectivity index (χ0v) is 10.4. The van der Waals surface area contributed by atoms with Gasteiger partial charge in [-0.1, -0.05) is 6.92 Å². The van der Waals surface area contributed by atoms with E-state index >= 15 is 0 Å². The molecule has 0 bridgehead atoms. The summed E-state index contributed by atoms with van der Waals surface area (Å²) in [5.74, 6) is -0.819.